The van der Waals surface area contributed by atoms with Crippen LogP contribution in [0.4, 0.5) is 0 Å². The molecule has 0 saturated carbocycles. The Balaban J connectivity index is 1.01. The molecule has 0 N–H and O–H groups in total. The molecule has 0 atom stereocenters. The maximum absolute atomic E-state index is 5.20. The summed E-state index contributed by atoms with van der Waals surface area (Å²) in [5.41, 5.74) is 15.2. The second-order valence-electron chi connectivity index (χ2n) is 14.7. The Morgan fingerprint density at radius 2 is 0.786 bits per heavy atom. The van der Waals surface area contributed by atoms with Gasteiger partial charge in [0.2, 0.25) is 0 Å². The molecule has 260 valence electrons. The third kappa shape index (κ3) is 4.42. The van der Waals surface area contributed by atoms with Crippen molar-refractivity contribution in [2.75, 3.05) is 0 Å². The zero-order valence-electron chi connectivity index (χ0n) is 30.1. The third-order valence-corrected chi connectivity index (χ3v) is 13.0. The Morgan fingerprint density at radius 3 is 1.46 bits per heavy atom. The highest BCUT2D eigenvalue weighted by Gasteiger charge is 2.51. The SMILES string of the molecule is c1ccc(-c2nc(-c3ccc(-c4cccc5c4sc4ccccc45)cc3)nc(-c3ccc4c(c3)-c3ccccc3C43c4ccccc4-c4ccccc43)n2)cc1. The molecule has 4 heteroatoms. The topological polar surface area (TPSA) is 38.7 Å². The van der Waals surface area contributed by atoms with Crippen LogP contribution < -0.4 is 0 Å². The summed E-state index contributed by atoms with van der Waals surface area (Å²) in [5.74, 6) is 1.96. The molecule has 2 aliphatic rings. The van der Waals surface area contributed by atoms with Gasteiger partial charge in [-0.05, 0) is 67.8 Å². The van der Waals surface area contributed by atoms with E-state index >= 15 is 0 Å². The third-order valence-electron chi connectivity index (χ3n) is 11.8. The van der Waals surface area contributed by atoms with Gasteiger partial charge in [-0.3, -0.25) is 0 Å². The van der Waals surface area contributed by atoms with Crippen LogP contribution in [0.3, 0.4) is 0 Å². The number of thiophene rings is 1. The first-order valence-electron chi connectivity index (χ1n) is 19.0. The molecule has 0 radical (unpaired) electrons. The Hall–Kier alpha value is -7.01. The summed E-state index contributed by atoms with van der Waals surface area (Å²) in [5, 5.41) is 2.60. The second-order valence-corrected chi connectivity index (χ2v) is 15.7. The average molecular weight is 730 g/mol. The van der Waals surface area contributed by atoms with E-state index in [1.54, 1.807) is 0 Å². The minimum atomic E-state index is -0.390. The van der Waals surface area contributed by atoms with E-state index in [0.717, 1.165) is 16.7 Å². The smallest absolute Gasteiger partial charge is 0.164 e. The molecule has 0 unspecified atom stereocenters. The van der Waals surface area contributed by atoms with Gasteiger partial charge in [0.05, 0.1) is 5.41 Å². The fraction of sp³-hybridized carbons (Fsp3) is 0.0192. The summed E-state index contributed by atoms with van der Waals surface area (Å²) in [6.07, 6.45) is 0. The number of rotatable bonds is 4. The van der Waals surface area contributed by atoms with Gasteiger partial charge in [-0.15, -0.1) is 11.3 Å². The number of aromatic nitrogens is 3. The lowest BCUT2D eigenvalue weighted by molar-refractivity contribution is 0.794. The summed E-state index contributed by atoms with van der Waals surface area (Å²) < 4.78 is 2.61. The van der Waals surface area contributed by atoms with Crippen molar-refractivity contribution >= 4 is 31.5 Å². The molecule has 2 aliphatic carbocycles. The van der Waals surface area contributed by atoms with Gasteiger partial charge in [0.1, 0.15) is 0 Å². The predicted octanol–water partition coefficient (Wildman–Crippen LogP) is 13.3. The molecular formula is C52H31N3S. The van der Waals surface area contributed by atoms with E-state index in [1.165, 1.54) is 75.8 Å². The molecule has 56 heavy (non-hydrogen) atoms. The number of benzene rings is 8. The zero-order valence-corrected chi connectivity index (χ0v) is 31.0. The van der Waals surface area contributed by atoms with E-state index < -0.39 is 0 Å². The molecule has 8 aromatic carbocycles. The molecule has 3 nitrogen and oxygen atoms in total. The van der Waals surface area contributed by atoms with E-state index in [0.29, 0.717) is 17.5 Å². The van der Waals surface area contributed by atoms with E-state index in [1.807, 2.05) is 29.5 Å². The zero-order chi connectivity index (χ0) is 36.8. The van der Waals surface area contributed by atoms with Gasteiger partial charge >= 0.3 is 0 Å². The van der Waals surface area contributed by atoms with Crippen LogP contribution in [0.5, 0.6) is 0 Å². The van der Waals surface area contributed by atoms with Crippen molar-refractivity contribution in [1.29, 1.82) is 0 Å². The first kappa shape index (κ1) is 31.4. The van der Waals surface area contributed by atoms with Gasteiger partial charge in [0, 0.05) is 36.9 Å². The van der Waals surface area contributed by atoms with Crippen LogP contribution in [0.2, 0.25) is 0 Å². The standard InChI is InChI=1S/C52H31N3S/c1-2-13-33(14-3-1)49-53-50(34-27-25-32(26-28-34)36-19-12-20-41-40-18-7-11-24-47(40)56-48(36)41)55-51(54-49)35-29-30-46-42(31-35)39-17-6-10-23-45(39)52(46)43-21-8-4-15-37(43)38-16-5-9-22-44(38)52/h1-31H. The number of hydrogen-bond acceptors (Lipinski definition) is 4. The fourth-order valence-electron chi connectivity index (χ4n) is 9.36. The molecule has 1 spiro atoms. The molecule has 0 aliphatic heterocycles. The number of fused-ring (bicyclic) bond motifs is 13. The molecule has 0 fully saturated rings. The predicted molar refractivity (Wildman–Crippen MR) is 231 cm³/mol. The summed E-state index contributed by atoms with van der Waals surface area (Å²) in [6, 6.07) is 67.7. The molecule has 2 aromatic heterocycles. The highest BCUT2D eigenvalue weighted by atomic mass is 32.1. The highest BCUT2D eigenvalue weighted by Crippen LogP contribution is 2.62. The minimum absolute atomic E-state index is 0.390. The van der Waals surface area contributed by atoms with Crippen LogP contribution in [0.25, 0.3) is 87.7 Å². The van der Waals surface area contributed by atoms with E-state index in [-0.39, 0.29) is 5.41 Å². The Bertz CT molecular complexity index is 3150. The van der Waals surface area contributed by atoms with Crippen molar-refractivity contribution in [3.63, 3.8) is 0 Å². The summed E-state index contributed by atoms with van der Waals surface area (Å²) in [6.45, 7) is 0. The fourth-order valence-corrected chi connectivity index (χ4v) is 10.6. The van der Waals surface area contributed by atoms with Gasteiger partial charge in [-0.1, -0.05) is 176 Å². The lowest BCUT2D eigenvalue weighted by atomic mass is 9.70. The maximum atomic E-state index is 5.20. The minimum Gasteiger partial charge on any atom is -0.208 e. The van der Waals surface area contributed by atoms with E-state index in [2.05, 4.69) is 170 Å². The Morgan fingerprint density at radius 1 is 0.321 bits per heavy atom. The quantitative estimate of drug-likeness (QED) is 0.181. The van der Waals surface area contributed by atoms with Gasteiger partial charge in [0.25, 0.3) is 0 Å². The summed E-state index contributed by atoms with van der Waals surface area (Å²) >= 11 is 1.85. The molecule has 2 heterocycles. The van der Waals surface area contributed by atoms with Crippen molar-refractivity contribution in [3.8, 4) is 67.5 Å². The molecule has 10 aromatic rings. The van der Waals surface area contributed by atoms with Gasteiger partial charge in [0.15, 0.2) is 17.5 Å². The molecule has 12 rings (SSSR count). The van der Waals surface area contributed by atoms with Gasteiger partial charge in [-0.25, -0.2) is 15.0 Å². The largest absolute Gasteiger partial charge is 0.208 e. The van der Waals surface area contributed by atoms with Crippen LogP contribution in [-0.2, 0) is 5.41 Å². The monoisotopic (exact) mass is 729 g/mol. The first-order valence-corrected chi connectivity index (χ1v) is 19.8. The number of hydrogen-bond donors (Lipinski definition) is 0. The second kappa shape index (κ2) is 12.0. The highest BCUT2D eigenvalue weighted by molar-refractivity contribution is 7.26. The molecular weight excluding hydrogens is 699 g/mol. The van der Waals surface area contributed by atoms with Gasteiger partial charge in [-0.2, -0.15) is 0 Å². The van der Waals surface area contributed by atoms with Crippen LogP contribution in [-0.4, -0.2) is 15.0 Å². The van der Waals surface area contributed by atoms with Gasteiger partial charge < -0.3 is 0 Å². The van der Waals surface area contributed by atoms with Crippen molar-refractivity contribution in [3.05, 3.63) is 210 Å². The van der Waals surface area contributed by atoms with Crippen molar-refractivity contribution < 1.29 is 0 Å². The molecule has 0 saturated heterocycles. The summed E-state index contributed by atoms with van der Waals surface area (Å²) in [7, 11) is 0. The lowest BCUT2D eigenvalue weighted by Gasteiger charge is -2.30. The van der Waals surface area contributed by atoms with Crippen LogP contribution >= 0.6 is 11.3 Å². The Kier molecular flexibility index (Phi) is 6.72. The van der Waals surface area contributed by atoms with E-state index in [4.69, 9.17) is 15.0 Å². The normalized spacial score (nSPS) is 13.1. The molecule has 0 amide bonds. The average Bonchev–Trinajstić information content (AvgIpc) is 3.91. The lowest BCUT2D eigenvalue weighted by Crippen LogP contribution is -2.25. The maximum Gasteiger partial charge on any atom is 0.164 e. The van der Waals surface area contributed by atoms with Crippen LogP contribution in [0.1, 0.15) is 22.3 Å². The summed E-state index contributed by atoms with van der Waals surface area (Å²) in [4.78, 5) is 15.4. The Labute approximate surface area is 328 Å². The molecule has 0 bridgehead atoms. The van der Waals surface area contributed by atoms with Crippen molar-refractivity contribution in [1.82, 2.24) is 15.0 Å². The first-order chi connectivity index (χ1) is 27.8. The van der Waals surface area contributed by atoms with Crippen LogP contribution in [0, 0.1) is 0 Å². The van der Waals surface area contributed by atoms with Crippen molar-refractivity contribution in [2.45, 2.75) is 5.41 Å². The van der Waals surface area contributed by atoms with Crippen molar-refractivity contribution in [2.24, 2.45) is 0 Å². The number of nitrogens with zero attached hydrogens (tertiary/aromatic N) is 3. The van der Waals surface area contributed by atoms with Crippen LogP contribution in [0.15, 0.2) is 188 Å². The van der Waals surface area contributed by atoms with E-state index in [9.17, 15) is 0 Å².